The number of amides is 1. The maximum Gasteiger partial charge on any atom is 0.258 e. The first-order valence-electron chi connectivity index (χ1n) is 8.11. The van der Waals surface area contributed by atoms with Crippen LogP contribution in [0.1, 0.15) is 40.2 Å². The Hall–Kier alpha value is -3.03. The lowest BCUT2D eigenvalue weighted by Gasteiger charge is -2.17. The van der Waals surface area contributed by atoms with E-state index in [0.29, 0.717) is 47.6 Å². The van der Waals surface area contributed by atoms with Crippen molar-refractivity contribution in [3.63, 3.8) is 0 Å². The lowest BCUT2D eigenvalue weighted by molar-refractivity contribution is 0.0790. The molecule has 0 N–H and O–H groups in total. The van der Waals surface area contributed by atoms with Gasteiger partial charge in [0.2, 0.25) is 5.89 Å². The summed E-state index contributed by atoms with van der Waals surface area (Å²) in [6, 6.07) is 7.27. The van der Waals surface area contributed by atoms with Gasteiger partial charge in [-0.1, -0.05) is 22.4 Å². The van der Waals surface area contributed by atoms with Crippen LogP contribution in [0.2, 0.25) is 0 Å². The van der Waals surface area contributed by atoms with Crippen LogP contribution in [-0.4, -0.2) is 44.2 Å². The number of hydrogen-bond donors (Lipinski definition) is 0. The van der Waals surface area contributed by atoms with E-state index in [9.17, 15) is 4.79 Å². The van der Waals surface area contributed by atoms with Crippen molar-refractivity contribution in [3.05, 3.63) is 47.4 Å². The maximum atomic E-state index is 13.0. The van der Waals surface area contributed by atoms with E-state index in [2.05, 4.69) is 20.3 Å². The molecule has 8 heteroatoms. The van der Waals surface area contributed by atoms with Gasteiger partial charge in [0.25, 0.3) is 11.8 Å². The number of aryl methyl sites for hydroxylation is 2. The highest BCUT2D eigenvalue weighted by Crippen LogP contribution is 2.29. The molecule has 8 nitrogen and oxygen atoms in total. The van der Waals surface area contributed by atoms with Crippen molar-refractivity contribution in [2.24, 2.45) is 0 Å². The summed E-state index contributed by atoms with van der Waals surface area (Å²) >= 11 is 0. The highest BCUT2D eigenvalue weighted by Gasteiger charge is 2.32. The maximum absolute atomic E-state index is 13.0. The average molecular weight is 339 g/mol. The minimum absolute atomic E-state index is 0.0646. The molecule has 3 aromatic rings. The van der Waals surface area contributed by atoms with Crippen molar-refractivity contribution in [2.75, 3.05) is 13.1 Å². The molecule has 3 heterocycles. The van der Waals surface area contributed by atoms with Crippen molar-refractivity contribution < 1.29 is 13.8 Å². The van der Waals surface area contributed by atoms with E-state index in [1.807, 2.05) is 18.2 Å². The zero-order chi connectivity index (χ0) is 17.4. The van der Waals surface area contributed by atoms with E-state index in [4.69, 9.17) is 9.05 Å². The Morgan fingerprint density at radius 3 is 2.60 bits per heavy atom. The second-order valence-electron chi connectivity index (χ2n) is 6.11. The molecule has 0 saturated carbocycles. The molecule has 1 saturated heterocycles. The number of carbonyl (C=O) groups is 1. The summed E-state index contributed by atoms with van der Waals surface area (Å²) in [5.41, 5.74) is 1.19. The van der Waals surface area contributed by atoms with Gasteiger partial charge in [-0.15, -0.1) is 0 Å². The Balaban J connectivity index is 1.58. The summed E-state index contributed by atoms with van der Waals surface area (Å²) in [6.07, 6.45) is 0.801. The molecule has 1 aliphatic rings. The Labute approximate surface area is 143 Å². The highest BCUT2D eigenvalue weighted by atomic mass is 16.5. The van der Waals surface area contributed by atoms with Crippen molar-refractivity contribution in [1.29, 1.82) is 0 Å². The van der Waals surface area contributed by atoms with E-state index in [1.54, 1.807) is 24.8 Å². The Bertz CT molecular complexity index is 916. The predicted molar refractivity (Wildman–Crippen MR) is 86.8 cm³/mol. The Morgan fingerprint density at radius 2 is 1.88 bits per heavy atom. The fourth-order valence-corrected chi connectivity index (χ4v) is 3.06. The quantitative estimate of drug-likeness (QED) is 0.722. The van der Waals surface area contributed by atoms with Crippen LogP contribution in [0.4, 0.5) is 0 Å². The van der Waals surface area contributed by atoms with Gasteiger partial charge in [0.1, 0.15) is 0 Å². The van der Waals surface area contributed by atoms with E-state index in [1.165, 1.54) is 0 Å². The summed E-state index contributed by atoms with van der Waals surface area (Å²) in [4.78, 5) is 23.3. The van der Waals surface area contributed by atoms with Crippen LogP contribution in [0.5, 0.6) is 0 Å². The van der Waals surface area contributed by atoms with Crippen molar-refractivity contribution in [3.8, 4) is 11.5 Å². The normalized spacial score (nSPS) is 17.2. The molecule has 1 atom stereocenters. The van der Waals surface area contributed by atoms with Gasteiger partial charge < -0.3 is 13.9 Å². The topological polar surface area (TPSA) is 98.2 Å². The molecular weight excluding hydrogens is 322 g/mol. The third-order valence-electron chi connectivity index (χ3n) is 4.28. The molecular formula is C17H17N5O3. The van der Waals surface area contributed by atoms with Crippen LogP contribution < -0.4 is 0 Å². The van der Waals surface area contributed by atoms with Gasteiger partial charge in [0, 0.05) is 13.1 Å². The number of aromatic nitrogens is 4. The SMILES string of the molecule is Cc1noc(-c2ccccc2C(=O)N2CC[C@H](c3nc(C)no3)C2)n1. The van der Waals surface area contributed by atoms with Gasteiger partial charge in [0.05, 0.1) is 17.0 Å². The molecule has 1 amide bonds. The summed E-state index contributed by atoms with van der Waals surface area (Å²) in [5, 5.41) is 7.63. The van der Waals surface area contributed by atoms with Crippen LogP contribution in [0, 0.1) is 13.8 Å². The highest BCUT2D eigenvalue weighted by molar-refractivity contribution is 6.00. The standard InChI is InChI=1S/C17H17N5O3/c1-10-18-15(24-20-10)12-7-8-22(9-12)17(23)14-6-4-3-5-13(14)16-19-11(2)21-25-16/h3-6,12H,7-9H2,1-2H3/t12-/m0/s1. The van der Waals surface area contributed by atoms with Gasteiger partial charge in [-0.3, -0.25) is 4.79 Å². The predicted octanol–water partition coefficient (Wildman–Crippen LogP) is 2.37. The molecule has 4 rings (SSSR count). The van der Waals surface area contributed by atoms with E-state index >= 15 is 0 Å². The van der Waals surface area contributed by atoms with Crippen LogP contribution >= 0.6 is 0 Å². The molecule has 0 aliphatic carbocycles. The second kappa shape index (κ2) is 6.12. The van der Waals surface area contributed by atoms with Gasteiger partial charge in [-0.25, -0.2) is 0 Å². The molecule has 0 radical (unpaired) electrons. The average Bonchev–Trinajstić information content (AvgIpc) is 3.34. The zero-order valence-corrected chi connectivity index (χ0v) is 14.0. The van der Waals surface area contributed by atoms with E-state index < -0.39 is 0 Å². The molecule has 0 spiro atoms. The molecule has 128 valence electrons. The molecule has 25 heavy (non-hydrogen) atoms. The van der Waals surface area contributed by atoms with Crippen LogP contribution in [-0.2, 0) is 0 Å². The molecule has 2 aromatic heterocycles. The number of rotatable bonds is 3. The lowest BCUT2D eigenvalue weighted by Crippen LogP contribution is -2.29. The molecule has 1 aliphatic heterocycles. The number of hydrogen-bond acceptors (Lipinski definition) is 7. The summed E-state index contributed by atoms with van der Waals surface area (Å²) < 4.78 is 10.5. The van der Waals surface area contributed by atoms with Crippen molar-refractivity contribution in [1.82, 2.24) is 25.2 Å². The number of carbonyl (C=O) groups excluding carboxylic acids is 1. The number of likely N-dealkylation sites (tertiary alicyclic amines) is 1. The zero-order valence-electron chi connectivity index (χ0n) is 14.0. The largest absolute Gasteiger partial charge is 0.339 e. The third-order valence-corrected chi connectivity index (χ3v) is 4.28. The smallest absolute Gasteiger partial charge is 0.258 e. The van der Waals surface area contributed by atoms with Crippen LogP contribution in [0.15, 0.2) is 33.3 Å². The first kappa shape index (κ1) is 15.5. The van der Waals surface area contributed by atoms with Crippen molar-refractivity contribution >= 4 is 5.91 Å². The summed E-state index contributed by atoms with van der Waals surface area (Å²) in [7, 11) is 0. The van der Waals surface area contributed by atoms with Crippen LogP contribution in [0.3, 0.4) is 0 Å². The van der Waals surface area contributed by atoms with E-state index in [0.717, 1.165) is 6.42 Å². The summed E-state index contributed by atoms with van der Waals surface area (Å²) in [6.45, 7) is 4.72. The molecule has 0 bridgehead atoms. The van der Waals surface area contributed by atoms with E-state index in [-0.39, 0.29) is 11.8 Å². The Kier molecular flexibility index (Phi) is 3.79. The molecule has 1 fully saturated rings. The van der Waals surface area contributed by atoms with Gasteiger partial charge in [-0.2, -0.15) is 9.97 Å². The van der Waals surface area contributed by atoms with Crippen molar-refractivity contribution in [2.45, 2.75) is 26.2 Å². The fraction of sp³-hybridized carbons (Fsp3) is 0.353. The third kappa shape index (κ3) is 2.90. The summed E-state index contributed by atoms with van der Waals surface area (Å²) in [5.74, 6) is 2.09. The van der Waals surface area contributed by atoms with Gasteiger partial charge >= 0.3 is 0 Å². The Morgan fingerprint density at radius 1 is 1.12 bits per heavy atom. The first-order valence-corrected chi connectivity index (χ1v) is 8.11. The lowest BCUT2D eigenvalue weighted by atomic mass is 10.1. The van der Waals surface area contributed by atoms with Gasteiger partial charge in [0.15, 0.2) is 11.6 Å². The fourth-order valence-electron chi connectivity index (χ4n) is 3.06. The number of nitrogens with zero attached hydrogens (tertiary/aromatic N) is 5. The minimum atomic E-state index is -0.0646. The van der Waals surface area contributed by atoms with Gasteiger partial charge in [-0.05, 0) is 32.4 Å². The number of benzene rings is 1. The monoisotopic (exact) mass is 339 g/mol. The molecule has 0 unspecified atom stereocenters. The second-order valence-corrected chi connectivity index (χ2v) is 6.11. The molecule has 1 aromatic carbocycles. The van der Waals surface area contributed by atoms with Crippen LogP contribution in [0.25, 0.3) is 11.5 Å². The minimum Gasteiger partial charge on any atom is -0.339 e. The first-order chi connectivity index (χ1) is 12.1.